The molecule has 0 aromatic carbocycles. The highest BCUT2D eigenvalue weighted by Gasteiger charge is 2.33. The van der Waals surface area contributed by atoms with Gasteiger partial charge in [0.15, 0.2) is 0 Å². The van der Waals surface area contributed by atoms with Gasteiger partial charge in [-0.15, -0.1) is 0 Å². The van der Waals surface area contributed by atoms with Crippen molar-refractivity contribution < 1.29 is 4.79 Å². The van der Waals surface area contributed by atoms with Crippen molar-refractivity contribution in [2.75, 3.05) is 26.2 Å². The van der Waals surface area contributed by atoms with E-state index in [2.05, 4.69) is 15.5 Å². The van der Waals surface area contributed by atoms with Crippen LogP contribution in [0.15, 0.2) is 0 Å². The Bertz CT molecular complexity index is 285. The fourth-order valence-corrected chi connectivity index (χ4v) is 2.93. The maximum Gasteiger partial charge on any atom is 0.234 e. The molecule has 1 amide bonds. The number of carbonyl (C=O) groups is 1. The maximum absolute atomic E-state index is 11.9. The van der Waals surface area contributed by atoms with Gasteiger partial charge in [-0.25, -0.2) is 0 Å². The first-order chi connectivity index (χ1) is 7.94. The van der Waals surface area contributed by atoms with Gasteiger partial charge in [0.2, 0.25) is 5.91 Å². The van der Waals surface area contributed by atoms with Gasteiger partial charge in [-0.2, -0.15) is 0 Å². The van der Waals surface area contributed by atoms with Gasteiger partial charge in [-0.05, 0) is 46.1 Å². The van der Waals surface area contributed by atoms with E-state index in [0.29, 0.717) is 12.6 Å². The van der Waals surface area contributed by atoms with Crippen molar-refractivity contribution in [1.29, 1.82) is 0 Å². The summed E-state index contributed by atoms with van der Waals surface area (Å²) in [7, 11) is 0. The third kappa shape index (κ3) is 3.68. The van der Waals surface area contributed by atoms with E-state index < -0.39 is 0 Å². The Balaban J connectivity index is 1.78. The van der Waals surface area contributed by atoms with Crippen molar-refractivity contribution in [1.82, 2.24) is 15.5 Å². The highest BCUT2D eigenvalue weighted by molar-refractivity contribution is 5.78. The molecule has 2 rings (SSSR count). The third-order valence-electron chi connectivity index (χ3n) is 3.62. The standard InChI is InChI=1S/C13H25N3O/c1-13(2,3)15-12(17)9-16-7-5-11-10(8-16)4-6-14-11/h10-11,14H,4-9H2,1-3H3,(H,15,17). The summed E-state index contributed by atoms with van der Waals surface area (Å²) in [6, 6.07) is 0.705. The van der Waals surface area contributed by atoms with Gasteiger partial charge in [0, 0.05) is 24.7 Å². The zero-order chi connectivity index (χ0) is 12.5. The van der Waals surface area contributed by atoms with Crippen molar-refractivity contribution in [3.05, 3.63) is 0 Å². The Morgan fingerprint density at radius 1 is 1.41 bits per heavy atom. The Morgan fingerprint density at radius 2 is 2.18 bits per heavy atom. The molecule has 4 heteroatoms. The van der Waals surface area contributed by atoms with Crippen LogP contribution in [0.4, 0.5) is 0 Å². The second kappa shape index (κ2) is 4.94. The second-order valence-corrected chi connectivity index (χ2v) is 6.43. The van der Waals surface area contributed by atoms with E-state index in [1.54, 1.807) is 0 Å². The number of likely N-dealkylation sites (tertiary alicyclic amines) is 1. The number of hydrogen-bond acceptors (Lipinski definition) is 3. The normalized spacial score (nSPS) is 30.1. The summed E-state index contributed by atoms with van der Waals surface area (Å²) in [4.78, 5) is 14.2. The maximum atomic E-state index is 11.9. The SMILES string of the molecule is CC(C)(C)NC(=O)CN1CCC2NCCC2C1. The number of nitrogens with one attached hydrogen (secondary N) is 2. The van der Waals surface area contributed by atoms with Crippen LogP contribution in [0.1, 0.15) is 33.6 Å². The number of amides is 1. The summed E-state index contributed by atoms with van der Waals surface area (Å²) in [5.74, 6) is 0.910. The molecule has 2 N–H and O–H groups in total. The Kier molecular flexibility index (Phi) is 3.73. The first kappa shape index (κ1) is 12.8. The van der Waals surface area contributed by atoms with E-state index in [9.17, 15) is 4.79 Å². The molecule has 0 radical (unpaired) electrons. The summed E-state index contributed by atoms with van der Waals surface area (Å²) < 4.78 is 0. The Labute approximate surface area is 104 Å². The van der Waals surface area contributed by atoms with Crippen LogP contribution in [0.3, 0.4) is 0 Å². The topological polar surface area (TPSA) is 44.4 Å². The monoisotopic (exact) mass is 239 g/mol. The summed E-state index contributed by atoms with van der Waals surface area (Å²) in [6.07, 6.45) is 2.45. The lowest BCUT2D eigenvalue weighted by molar-refractivity contribution is -0.124. The molecular formula is C13H25N3O. The molecule has 0 spiro atoms. The van der Waals surface area contributed by atoms with Crippen molar-refractivity contribution in [2.24, 2.45) is 5.92 Å². The average molecular weight is 239 g/mol. The largest absolute Gasteiger partial charge is 0.350 e. The van der Waals surface area contributed by atoms with Crippen molar-refractivity contribution in [3.8, 4) is 0 Å². The van der Waals surface area contributed by atoms with Gasteiger partial charge in [-0.1, -0.05) is 0 Å². The molecule has 0 aromatic rings. The second-order valence-electron chi connectivity index (χ2n) is 6.43. The molecule has 17 heavy (non-hydrogen) atoms. The fourth-order valence-electron chi connectivity index (χ4n) is 2.93. The minimum Gasteiger partial charge on any atom is -0.350 e. The lowest BCUT2D eigenvalue weighted by atomic mass is 9.93. The number of fused-ring (bicyclic) bond motifs is 1. The zero-order valence-corrected chi connectivity index (χ0v) is 11.3. The molecule has 0 saturated carbocycles. The van der Waals surface area contributed by atoms with Gasteiger partial charge in [0.05, 0.1) is 6.54 Å². The first-order valence-corrected chi connectivity index (χ1v) is 6.71. The quantitative estimate of drug-likeness (QED) is 0.741. The molecule has 2 atom stereocenters. The molecule has 0 aromatic heterocycles. The lowest BCUT2D eigenvalue weighted by Gasteiger charge is -2.35. The molecule has 2 fully saturated rings. The first-order valence-electron chi connectivity index (χ1n) is 6.71. The number of hydrogen-bond donors (Lipinski definition) is 2. The minimum absolute atomic E-state index is 0.121. The van der Waals surface area contributed by atoms with E-state index in [1.165, 1.54) is 12.8 Å². The van der Waals surface area contributed by atoms with Crippen LogP contribution >= 0.6 is 0 Å². The van der Waals surface area contributed by atoms with Gasteiger partial charge in [-0.3, -0.25) is 9.69 Å². The molecular weight excluding hydrogens is 214 g/mol. The smallest absolute Gasteiger partial charge is 0.234 e. The van der Waals surface area contributed by atoms with Crippen molar-refractivity contribution in [3.63, 3.8) is 0 Å². The van der Waals surface area contributed by atoms with E-state index in [-0.39, 0.29) is 11.4 Å². The van der Waals surface area contributed by atoms with Crippen LogP contribution in [-0.4, -0.2) is 48.6 Å². The predicted octanol–water partition coefficient (Wildman–Crippen LogP) is 0.585. The number of carbonyl (C=O) groups excluding carboxylic acids is 1. The fraction of sp³-hybridized carbons (Fsp3) is 0.923. The minimum atomic E-state index is -0.121. The van der Waals surface area contributed by atoms with Crippen LogP contribution in [0.25, 0.3) is 0 Å². The van der Waals surface area contributed by atoms with Crippen molar-refractivity contribution >= 4 is 5.91 Å². The van der Waals surface area contributed by atoms with Crippen LogP contribution in [-0.2, 0) is 4.79 Å². The molecule has 0 aliphatic carbocycles. The Morgan fingerprint density at radius 3 is 2.88 bits per heavy atom. The number of rotatable bonds is 2. The average Bonchev–Trinajstić information content (AvgIpc) is 2.61. The highest BCUT2D eigenvalue weighted by atomic mass is 16.2. The molecule has 0 bridgehead atoms. The molecule has 2 aliphatic heterocycles. The summed E-state index contributed by atoms with van der Waals surface area (Å²) >= 11 is 0. The van der Waals surface area contributed by atoms with Crippen molar-refractivity contribution in [2.45, 2.75) is 45.2 Å². The summed E-state index contributed by atoms with van der Waals surface area (Å²) in [6.45, 7) is 9.91. The highest BCUT2D eigenvalue weighted by Crippen LogP contribution is 2.24. The van der Waals surface area contributed by atoms with Crippen LogP contribution < -0.4 is 10.6 Å². The molecule has 2 aliphatic rings. The molecule has 2 saturated heterocycles. The predicted molar refractivity (Wildman–Crippen MR) is 68.9 cm³/mol. The molecule has 4 nitrogen and oxygen atoms in total. The molecule has 98 valence electrons. The summed E-state index contributed by atoms with van der Waals surface area (Å²) in [5, 5.41) is 6.57. The lowest BCUT2D eigenvalue weighted by Crippen LogP contribution is -2.50. The zero-order valence-electron chi connectivity index (χ0n) is 11.3. The Hall–Kier alpha value is -0.610. The molecule has 2 unspecified atom stereocenters. The van der Waals surface area contributed by atoms with Crippen LogP contribution in [0.2, 0.25) is 0 Å². The van der Waals surface area contributed by atoms with E-state index in [0.717, 1.165) is 25.6 Å². The van der Waals surface area contributed by atoms with E-state index in [4.69, 9.17) is 0 Å². The number of piperidine rings is 1. The van der Waals surface area contributed by atoms with E-state index >= 15 is 0 Å². The van der Waals surface area contributed by atoms with Gasteiger partial charge < -0.3 is 10.6 Å². The van der Waals surface area contributed by atoms with Gasteiger partial charge in [0.1, 0.15) is 0 Å². The molecule has 2 heterocycles. The van der Waals surface area contributed by atoms with Crippen LogP contribution in [0, 0.1) is 5.92 Å². The van der Waals surface area contributed by atoms with Crippen LogP contribution in [0.5, 0.6) is 0 Å². The number of nitrogens with zero attached hydrogens (tertiary/aromatic N) is 1. The van der Waals surface area contributed by atoms with E-state index in [1.807, 2.05) is 20.8 Å². The summed E-state index contributed by atoms with van der Waals surface area (Å²) in [5.41, 5.74) is -0.121. The van der Waals surface area contributed by atoms with Gasteiger partial charge in [0.25, 0.3) is 0 Å². The third-order valence-corrected chi connectivity index (χ3v) is 3.62. The van der Waals surface area contributed by atoms with Gasteiger partial charge >= 0.3 is 0 Å².